The number of allylic oxidation sites excluding steroid dienone is 4. The van der Waals surface area contributed by atoms with Crippen molar-refractivity contribution in [3.05, 3.63) is 51.1 Å². The van der Waals surface area contributed by atoms with Crippen molar-refractivity contribution >= 4 is 35.2 Å². The van der Waals surface area contributed by atoms with Crippen molar-refractivity contribution < 1.29 is 4.79 Å². The normalized spacial score (nSPS) is 21.1. The summed E-state index contributed by atoms with van der Waals surface area (Å²) in [6.07, 6.45) is 16.6. The van der Waals surface area contributed by atoms with Crippen LogP contribution in [-0.4, -0.2) is 23.5 Å². The smallest absolute Gasteiger partial charge is 0.211 e. The molecule has 1 fully saturated rings. The van der Waals surface area contributed by atoms with Crippen LogP contribution in [0, 0.1) is 5.92 Å². The van der Waals surface area contributed by atoms with Crippen LogP contribution >= 0.6 is 23.7 Å². The predicted molar refractivity (Wildman–Crippen MR) is 127 cm³/mol. The van der Waals surface area contributed by atoms with Gasteiger partial charge in [0.2, 0.25) is 6.41 Å². The van der Waals surface area contributed by atoms with Gasteiger partial charge in [-0.1, -0.05) is 37.4 Å². The standard InChI is InChI=1S/C23H31N3OS2/c1-23(2,3)26-29-21-13-11-18(25-16-27)10-12-19(21)20-14-15-24-22(28-20)17-8-6-4-5-7-9-17/h10-12,14,16-17,26H,4-9,15H2,1-3H3,(H,25,27). The summed E-state index contributed by atoms with van der Waals surface area (Å²) in [6, 6.07) is 0. The number of hydrogen-bond acceptors (Lipinski definition) is 5. The van der Waals surface area contributed by atoms with E-state index in [0.29, 0.717) is 12.3 Å². The van der Waals surface area contributed by atoms with Crippen LogP contribution in [0.2, 0.25) is 0 Å². The van der Waals surface area contributed by atoms with Crippen LogP contribution in [0.4, 0.5) is 0 Å². The summed E-state index contributed by atoms with van der Waals surface area (Å²) in [6.45, 7) is 7.18. The summed E-state index contributed by atoms with van der Waals surface area (Å²) < 4.78 is 3.49. The van der Waals surface area contributed by atoms with Gasteiger partial charge in [0.15, 0.2) is 0 Å². The van der Waals surface area contributed by atoms with Crippen molar-refractivity contribution in [2.45, 2.75) is 64.8 Å². The van der Waals surface area contributed by atoms with Crippen LogP contribution in [0.15, 0.2) is 56.1 Å². The SMILES string of the molecule is CC(C)(C)NSC1=C=CC(NC=O)=CC=C1C1=CCN=C(C2CCCCCC2)S1. The van der Waals surface area contributed by atoms with Crippen molar-refractivity contribution in [3.8, 4) is 0 Å². The third kappa shape index (κ3) is 6.78. The van der Waals surface area contributed by atoms with Gasteiger partial charge in [0.25, 0.3) is 0 Å². The van der Waals surface area contributed by atoms with Gasteiger partial charge < -0.3 is 5.32 Å². The highest BCUT2D eigenvalue weighted by atomic mass is 32.2. The molecule has 1 aliphatic heterocycles. The van der Waals surface area contributed by atoms with Crippen molar-refractivity contribution in [3.63, 3.8) is 0 Å². The Morgan fingerprint density at radius 1 is 1.21 bits per heavy atom. The number of hydrogen-bond donors (Lipinski definition) is 2. The number of aliphatic imine (C=N–C) groups is 1. The van der Waals surface area contributed by atoms with Gasteiger partial charge in [0.1, 0.15) is 0 Å². The lowest BCUT2D eigenvalue weighted by molar-refractivity contribution is -0.108. The van der Waals surface area contributed by atoms with Crippen LogP contribution in [-0.2, 0) is 4.79 Å². The van der Waals surface area contributed by atoms with Crippen LogP contribution in [0.1, 0.15) is 59.3 Å². The Bertz CT molecular complexity index is 800. The molecule has 0 aromatic carbocycles. The number of carbonyl (C=O) groups is 1. The number of nitrogens with zero attached hydrogens (tertiary/aromatic N) is 1. The average molecular weight is 430 g/mol. The molecule has 2 aliphatic carbocycles. The Labute approximate surface area is 183 Å². The molecule has 156 valence electrons. The maximum Gasteiger partial charge on any atom is 0.211 e. The minimum atomic E-state index is -0.0187. The molecule has 4 nitrogen and oxygen atoms in total. The number of rotatable bonds is 6. The topological polar surface area (TPSA) is 53.5 Å². The highest BCUT2D eigenvalue weighted by Crippen LogP contribution is 2.40. The van der Waals surface area contributed by atoms with E-state index in [9.17, 15) is 4.79 Å². The molecule has 3 rings (SSSR count). The number of nitrogens with one attached hydrogen (secondary N) is 2. The van der Waals surface area contributed by atoms with Gasteiger partial charge in [-0.25, -0.2) is 0 Å². The second-order valence-electron chi connectivity index (χ2n) is 8.57. The molecule has 6 heteroatoms. The van der Waals surface area contributed by atoms with Crippen molar-refractivity contribution in [1.82, 2.24) is 10.0 Å². The monoisotopic (exact) mass is 429 g/mol. The number of carbonyl (C=O) groups excluding carboxylic acids is 1. The third-order valence-corrected chi connectivity index (χ3v) is 7.46. The molecule has 2 N–H and O–H groups in total. The lowest BCUT2D eigenvalue weighted by Crippen LogP contribution is -2.30. The Balaban J connectivity index is 1.82. The summed E-state index contributed by atoms with van der Waals surface area (Å²) in [7, 11) is 0. The molecule has 0 aromatic heterocycles. The van der Waals surface area contributed by atoms with E-state index in [1.807, 2.05) is 23.9 Å². The van der Waals surface area contributed by atoms with Gasteiger partial charge in [-0.05, 0) is 63.8 Å². The van der Waals surface area contributed by atoms with Gasteiger partial charge >= 0.3 is 0 Å². The van der Waals surface area contributed by atoms with Crippen molar-refractivity contribution in [1.29, 1.82) is 0 Å². The summed E-state index contributed by atoms with van der Waals surface area (Å²) in [5.74, 6) is 0.601. The maximum absolute atomic E-state index is 10.9. The first-order chi connectivity index (χ1) is 14.0. The fourth-order valence-corrected chi connectivity index (χ4v) is 5.55. The van der Waals surface area contributed by atoms with Crippen molar-refractivity contribution in [2.24, 2.45) is 10.9 Å². The first-order valence-electron chi connectivity index (χ1n) is 10.4. The first kappa shape index (κ1) is 22.2. The molecule has 0 bridgehead atoms. The molecule has 1 heterocycles. The summed E-state index contributed by atoms with van der Waals surface area (Å²) in [5, 5.41) is 4.03. The van der Waals surface area contributed by atoms with E-state index < -0.39 is 0 Å². The van der Waals surface area contributed by atoms with E-state index in [1.165, 1.54) is 48.5 Å². The summed E-state index contributed by atoms with van der Waals surface area (Å²) in [4.78, 5) is 18.0. The van der Waals surface area contributed by atoms with Crippen LogP contribution < -0.4 is 10.0 Å². The van der Waals surface area contributed by atoms with Gasteiger partial charge in [0.05, 0.1) is 16.5 Å². The zero-order chi connectivity index (χ0) is 20.7. The highest BCUT2D eigenvalue weighted by Gasteiger charge is 2.25. The minimum Gasteiger partial charge on any atom is -0.328 e. The lowest BCUT2D eigenvalue weighted by atomic mass is 10.0. The summed E-state index contributed by atoms with van der Waals surface area (Å²) >= 11 is 3.41. The summed E-state index contributed by atoms with van der Waals surface area (Å²) in [5.41, 5.74) is 5.24. The Morgan fingerprint density at radius 2 is 1.97 bits per heavy atom. The third-order valence-electron chi connectivity index (χ3n) is 4.93. The van der Waals surface area contributed by atoms with Crippen LogP contribution in [0.3, 0.4) is 0 Å². The van der Waals surface area contributed by atoms with E-state index in [2.05, 4.69) is 48.7 Å². The largest absolute Gasteiger partial charge is 0.328 e. The molecule has 0 atom stereocenters. The fourth-order valence-electron chi connectivity index (χ4n) is 3.47. The molecule has 0 saturated heterocycles. The van der Waals surface area contributed by atoms with E-state index in [-0.39, 0.29) is 5.54 Å². The average Bonchev–Trinajstić information content (AvgIpc) is 3.08. The first-order valence-corrected chi connectivity index (χ1v) is 12.1. The second-order valence-corrected chi connectivity index (χ2v) is 10.5. The quantitative estimate of drug-likeness (QED) is 0.249. The highest BCUT2D eigenvalue weighted by molar-refractivity contribution is 8.17. The molecule has 3 aliphatic rings. The Kier molecular flexibility index (Phi) is 8.07. The van der Waals surface area contributed by atoms with E-state index >= 15 is 0 Å². The zero-order valence-electron chi connectivity index (χ0n) is 17.6. The number of amides is 1. The minimum absolute atomic E-state index is 0.0187. The Hall–Kier alpha value is -1.46. The Morgan fingerprint density at radius 3 is 2.66 bits per heavy atom. The predicted octanol–water partition coefficient (Wildman–Crippen LogP) is 5.63. The molecule has 0 radical (unpaired) electrons. The molecular weight excluding hydrogens is 398 g/mol. The van der Waals surface area contributed by atoms with Gasteiger partial charge in [-0.3, -0.25) is 14.5 Å². The van der Waals surface area contributed by atoms with Crippen LogP contribution in [0.25, 0.3) is 0 Å². The van der Waals surface area contributed by atoms with Gasteiger partial charge in [0, 0.05) is 33.7 Å². The molecule has 1 amide bonds. The number of thioether (sulfide) groups is 1. The van der Waals surface area contributed by atoms with E-state index in [0.717, 1.165) is 22.7 Å². The fraction of sp³-hybridized carbons (Fsp3) is 0.522. The maximum atomic E-state index is 10.9. The molecule has 29 heavy (non-hydrogen) atoms. The van der Waals surface area contributed by atoms with Gasteiger partial charge in [-0.15, -0.1) is 5.73 Å². The molecule has 0 spiro atoms. The van der Waals surface area contributed by atoms with E-state index in [4.69, 9.17) is 4.99 Å². The molecular formula is C23H31N3OS2. The van der Waals surface area contributed by atoms with Gasteiger partial charge in [-0.2, -0.15) is 0 Å². The zero-order valence-corrected chi connectivity index (χ0v) is 19.2. The van der Waals surface area contributed by atoms with Crippen LogP contribution in [0.5, 0.6) is 0 Å². The van der Waals surface area contributed by atoms with Crippen molar-refractivity contribution in [2.75, 3.05) is 6.54 Å². The molecule has 1 saturated carbocycles. The molecule has 0 unspecified atom stereocenters. The van der Waals surface area contributed by atoms with E-state index in [1.54, 1.807) is 11.9 Å². The lowest BCUT2D eigenvalue weighted by Gasteiger charge is -2.24. The second kappa shape index (κ2) is 10.5. The molecule has 0 aromatic rings.